The molecule has 1 aliphatic heterocycles. The van der Waals surface area contributed by atoms with Crippen LogP contribution in [0.25, 0.3) is 61.1 Å². The summed E-state index contributed by atoms with van der Waals surface area (Å²) in [7, 11) is -6.22. The Kier molecular flexibility index (Phi) is 17.7. The fraction of sp³-hybridized carbons (Fsp3) is 0.292. The van der Waals surface area contributed by atoms with Gasteiger partial charge in [-0.2, -0.15) is 26.9 Å². The van der Waals surface area contributed by atoms with Crippen LogP contribution >= 0.6 is 0 Å². The normalized spacial score (nSPS) is 13.5. The van der Waals surface area contributed by atoms with Crippen molar-refractivity contribution in [3.63, 3.8) is 0 Å². The third kappa shape index (κ3) is 13.9. The Labute approximate surface area is 475 Å². The lowest BCUT2D eigenvalue weighted by Gasteiger charge is -2.32. The van der Waals surface area contributed by atoms with Crippen molar-refractivity contribution in [1.82, 2.24) is 19.9 Å². The van der Waals surface area contributed by atoms with E-state index in [4.69, 9.17) is 25.8 Å². The Bertz CT molecular complexity index is 3860. The third-order valence-corrected chi connectivity index (χ3v) is 15.1. The SMILES string of the molecule is Cc1cc(C)cc(-c2ncc(-c3cc(C)c(C#N)cc3C)nc2-c2cc(C)cc(C)c2)c1.Cc1cc(C)cc(-c2ncc(OS(=O)(=O)C(F)(F)F)nc2-c2cc(C)cc(C)c2)c1.[C-]#[N+]c1cc(C)c(B2OC(C)(C)C(C)(C)O2)cc1C. The monoisotopic (exact) mass is 1110 g/mol. The number of benzene rings is 6. The van der Waals surface area contributed by atoms with E-state index in [1.165, 1.54) is 22.3 Å². The molecule has 1 fully saturated rings. The molecule has 2 aromatic heterocycles. The fourth-order valence-electron chi connectivity index (χ4n) is 9.74. The molecule has 0 saturated carbocycles. The third-order valence-electron chi connectivity index (χ3n) is 14.2. The van der Waals surface area contributed by atoms with E-state index in [1.54, 1.807) is 12.1 Å². The van der Waals surface area contributed by atoms with E-state index >= 15 is 0 Å². The van der Waals surface area contributed by atoms with Crippen LogP contribution in [0.1, 0.15) is 100 Å². The van der Waals surface area contributed by atoms with Crippen LogP contribution in [0.4, 0.5) is 18.9 Å². The number of alkyl halides is 3. The fourth-order valence-corrected chi connectivity index (χ4v) is 10.1. The highest BCUT2D eigenvalue weighted by molar-refractivity contribution is 7.88. The van der Waals surface area contributed by atoms with Gasteiger partial charge in [-0.05, 0) is 194 Å². The zero-order chi connectivity index (χ0) is 59.7. The van der Waals surface area contributed by atoms with Crippen molar-refractivity contribution in [2.24, 2.45) is 0 Å². The molecule has 0 radical (unpaired) electrons. The van der Waals surface area contributed by atoms with Gasteiger partial charge >= 0.3 is 22.7 Å². The van der Waals surface area contributed by atoms with Crippen LogP contribution in [0.2, 0.25) is 0 Å². The molecule has 0 spiro atoms. The number of halogens is 3. The van der Waals surface area contributed by atoms with Crippen molar-refractivity contribution in [2.75, 3.05) is 0 Å². The Balaban J connectivity index is 0.000000181. The van der Waals surface area contributed by atoms with Gasteiger partial charge in [0.25, 0.3) is 5.88 Å². The van der Waals surface area contributed by atoms with Crippen molar-refractivity contribution >= 4 is 28.4 Å². The van der Waals surface area contributed by atoms with Crippen LogP contribution < -0.4 is 9.65 Å². The summed E-state index contributed by atoms with van der Waals surface area (Å²) in [5.74, 6) is -0.755. The van der Waals surface area contributed by atoms with Crippen molar-refractivity contribution < 1.29 is 35.1 Å². The molecule has 11 nitrogen and oxygen atoms in total. The smallest absolute Gasteiger partial charge is 0.399 e. The Morgan fingerprint density at radius 1 is 0.543 bits per heavy atom. The summed E-state index contributed by atoms with van der Waals surface area (Å²) < 4.78 is 77.3. The van der Waals surface area contributed by atoms with Crippen molar-refractivity contribution in [3.8, 4) is 68.2 Å². The lowest BCUT2D eigenvalue weighted by Crippen LogP contribution is -2.41. The number of nitriles is 1. The molecule has 0 aliphatic carbocycles. The zero-order valence-electron chi connectivity index (χ0n) is 48.7. The van der Waals surface area contributed by atoms with E-state index in [-0.39, 0.29) is 24.0 Å². The van der Waals surface area contributed by atoms with Gasteiger partial charge in [-0.3, -0.25) is 4.98 Å². The largest absolute Gasteiger partial charge is 0.534 e. The molecule has 0 atom stereocenters. The molecule has 0 unspecified atom stereocenters. The van der Waals surface area contributed by atoms with Gasteiger partial charge in [0, 0.05) is 27.8 Å². The van der Waals surface area contributed by atoms with Gasteiger partial charge in [0.05, 0.1) is 64.6 Å². The molecule has 6 aromatic carbocycles. The van der Waals surface area contributed by atoms with Crippen molar-refractivity contribution in [2.45, 2.75) is 127 Å². The van der Waals surface area contributed by atoms with Crippen LogP contribution in [0.5, 0.6) is 5.88 Å². The van der Waals surface area contributed by atoms with Crippen LogP contribution in [-0.4, -0.2) is 52.2 Å². The molecule has 81 heavy (non-hydrogen) atoms. The second-order valence-corrected chi connectivity index (χ2v) is 23.7. The van der Waals surface area contributed by atoms with E-state index < -0.39 is 21.5 Å². The summed E-state index contributed by atoms with van der Waals surface area (Å²) in [4.78, 5) is 21.9. The van der Waals surface area contributed by atoms with Gasteiger partial charge in [-0.25, -0.2) is 19.8 Å². The minimum absolute atomic E-state index is 0.224. The van der Waals surface area contributed by atoms with Crippen LogP contribution in [0, 0.1) is 101 Å². The van der Waals surface area contributed by atoms with Gasteiger partial charge in [0.1, 0.15) is 5.69 Å². The maximum atomic E-state index is 12.7. The van der Waals surface area contributed by atoms with Crippen molar-refractivity contribution in [1.29, 1.82) is 5.26 Å². The van der Waals surface area contributed by atoms with E-state index in [9.17, 15) is 26.9 Å². The standard InChI is InChI=1S/C29H27N3.C21H19F3N2O3S.C15H20BNO2/c1-17-7-18(2)10-23(9-17)28-29(24-11-19(3)8-20(4)12-24)32-27(16-31-28)26-14-21(5)25(15-30)13-22(26)6;1-12-5-13(2)8-16(7-12)19-20(17-9-14(3)6-15(4)10-17)26-18(11-25-19)29-30(27,28)21(22,23)24;1-10-9-13(17-7)11(2)8-12(10)16-18-14(3,4)15(5,6)19-16/h7-14,16H,1-6H3;5-11H,1-4H3;8-9H,1-6H3. The maximum absolute atomic E-state index is 12.7. The molecule has 0 bridgehead atoms. The lowest BCUT2D eigenvalue weighted by molar-refractivity contribution is -0.0501. The van der Waals surface area contributed by atoms with Crippen LogP contribution in [0.3, 0.4) is 0 Å². The predicted octanol–water partition coefficient (Wildman–Crippen LogP) is 15.6. The summed E-state index contributed by atoms with van der Waals surface area (Å²) in [5, 5.41) is 9.38. The second-order valence-electron chi connectivity index (χ2n) is 22.1. The summed E-state index contributed by atoms with van der Waals surface area (Å²) in [6.45, 7) is 39.2. The summed E-state index contributed by atoms with van der Waals surface area (Å²) in [5.41, 5.74) is 16.3. The molecular formula is C65H66BF3N6O5S. The first-order valence-electron chi connectivity index (χ1n) is 26.2. The molecule has 1 saturated heterocycles. The van der Waals surface area contributed by atoms with Crippen LogP contribution in [0.15, 0.2) is 109 Å². The van der Waals surface area contributed by atoms with E-state index in [0.29, 0.717) is 28.1 Å². The first-order chi connectivity index (χ1) is 37.8. The number of hydrogen-bond acceptors (Lipinski definition) is 10. The first kappa shape index (κ1) is 60.6. The second kappa shape index (κ2) is 23.6. The highest BCUT2D eigenvalue weighted by atomic mass is 32.2. The number of aryl methyl sites for hydroxylation is 12. The molecule has 8 aromatic rings. The molecule has 1 aliphatic rings. The minimum atomic E-state index is -5.86. The van der Waals surface area contributed by atoms with Gasteiger partial charge in [-0.1, -0.05) is 86.5 Å². The number of nitrogens with zero attached hydrogens (tertiary/aromatic N) is 6. The summed E-state index contributed by atoms with van der Waals surface area (Å²) in [6, 6.07) is 34.4. The molecule has 3 heterocycles. The molecule has 16 heteroatoms. The van der Waals surface area contributed by atoms with E-state index in [2.05, 4.69) is 89.2 Å². The topological polar surface area (TPSA) is 142 Å². The number of aromatic nitrogens is 4. The Morgan fingerprint density at radius 2 is 0.951 bits per heavy atom. The lowest BCUT2D eigenvalue weighted by atomic mass is 9.75. The predicted molar refractivity (Wildman–Crippen MR) is 317 cm³/mol. The van der Waals surface area contributed by atoms with E-state index in [1.807, 2.05) is 138 Å². The average Bonchev–Trinajstić information content (AvgIpc) is 3.88. The van der Waals surface area contributed by atoms with Gasteiger partial charge in [0.2, 0.25) is 0 Å². The van der Waals surface area contributed by atoms with E-state index in [0.717, 1.165) is 89.9 Å². The number of hydrogen-bond donors (Lipinski definition) is 0. The molecular weight excluding hydrogens is 1040 g/mol. The summed E-state index contributed by atoms with van der Waals surface area (Å²) >= 11 is 0. The van der Waals surface area contributed by atoms with Gasteiger partial charge in [-0.15, -0.1) is 0 Å². The first-order valence-corrected chi connectivity index (χ1v) is 27.6. The van der Waals surface area contributed by atoms with Crippen molar-refractivity contribution in [3.05, 3.63) is 193 Å². The summed E-state index contributed by atoms with van der Waals surface area (Å²) in [6.07, 6.45) is 2.73. The Hall–Kier alpha value is -8.02. The molecule has 416 valence electrons. The minimum Gasteiger partial charge on any atom is -0.399 e. The van der Waals surface area contributed by atoms with Gasteiger partial charge < -0.3 is 13.5 Å². The highest BCUT2D eigenvalue weighted by Gasteiger charge is 2.52. The zero-order valence-corrected chi connectivity index (χ0v) is 49.6. The Morgan fingerprint density at radius 3 is 1.36 bits per heavy atom. The van der Waals surface area contributed by atoms with Gasteiger partial charge in [0.15, 0.2) is 5.69 Å². The molecule has 9 rings (SSSR count). The molecule has 0 amide bonds. The quantitative estimate of drug-likeness (QED) is 0.0625. The maximum Gasteiger partial charge on any atom is 0.534 e. The molecule has 0 N–H and O–H groups in total. The number of rotatable bonds is 8. The van der Waals surface area contributed by atoms with Crippen LogP contribution in [-0.2, 0) is 19.4 Å². The average molecular weight is 1110 g/mol. The highest BCUT2D eigenvalue weighted by Crippen LogP contribution is 2.39.